The molecule has 3 aromatic rings. The fourth-order valence-corrected chi connectivity index (χ4v) is 4.76. The van der Waals surface area contributed by atoms with Crippen molar-refractivity contribution in [1.29, 1.82) is 0 Å². The summed E-state index contributed by atoms with van der Waals surface area (Å²) in [5.41, 5.74) is 1.12. The zero-order valence-electron chi connectivity index (χ0n) is 17.4. The summed E-state index contributed by atoms with van der Waals surface area (Å²) < 4.78 is 18.3. The molecule has 11 heteroatoms. The van der Waals surface area contributed by atoms with E-state index in [2.05, 4.69) is 4.99 Å². The van der Waals surface area contributed by atoms with Crippen LogP contribution in [0.15, 0.2) is 41.4 Å². The van der Waals surface area contributed by atoms with Gasteiger partial charge in [-0.2, -0.15) is 4.99 Å². The smallest absolute Gasteiger partial charge is 0.325 e. The van der Waals surface area contributed by atoms with Gasteiger partial charge in [0.25, 0.3) is 17.7 Å². The van der Waals surface area contributed by atoms with Gasteiger partial charge in [-0.25, -0.2) is 0 Å². The van der Waals surface area contributed by atoms with Crippen molar-refractivity contribution in [3.8, 4) is 11.5 Å². The summed E-state index contributed by atoms with van der Waals surface area (Å²) in [5.74, 6) is -1.23. The van der Waals surface area contributed by atoms with Gasteiger partial charge in [-0.1, -0.05) is 23.5 Å². The molecule has 2 aromatic carbocycles. The topological polar surface area (TPSA) is 116 Å². The Bertz CT molecular complexity index is 1370. The van der Waals surface area contributed by atoms with Gasteiger partial charge >= 0.3 is 5.97 Å². The minimum absolute atomic E-state index is 0.185. The molecule has 3 heterocycles. The number of rotatable bonds is 4. The van der Waals surface area contributed by atoms with E-state index in [4.69, 9.17) is 14.2 Å². The molecule has 0 spiro atoms. The first-order valence-electron chi connectivity index (χ1n) is 9.99. The highest BCUT2D eigenvalue weighted by molar-refractivity contribution is 7.16. The highest BCUT2D eigenvalue weighted by Gasteiger charge is 2.36. The molecule has 2 aliphatic heterocycles. The van der Waals surface area contributed by atoms with Crippen molar-refractivity contribution >= 4 is 45.2 Å². The number of esters is 1. The number of imide groups is 1. The van der Waals surface area contributed by atoms with E-state index >= 15 is 0 Å². The lowest BCUT2D eigenvalue weighted by molar-refractivity contribution is -0.141. The Morgan fingerprint density at radius 3 is 2.30 bits per heavy atom. The van der Waals surface area contributed by atoms with E-state index in [0.29, 0.717) is 30.2 Å². The molecule has 0 N–H and O–H groups in total. The zero-order chi connectivity index (χ0) is 23.1. The van der Waals surface area contributed by atoms with Crippen molar-refractivity contribution in [2.45, 2.75) is 6.54 Å². The van der Waals surface area contributed by atoms with Crippen LogP contribution in [0.4, 0.5) is 0 Å². The van der Waals surface area contributed by atoms with Crippen LogP contribution in [-0.4, -0.2) is 60.0 Å². The molecule has 1 aromatic heterocycles. The van der Waals surface area contributed by atoms with E-state index in [1.165, 1.54) is 23.0 Å². The maximum absolute atomic E-state index is 12.8. The van der Waals surface area contributed by atoms with Gasteiger partial charge in [0.05, 0.1) is 28.5 Å². The van der Waals surface area contributed by atoms with Crippen LogP contribution in [0.25, 0.3) is 10.2 Å². The standard InChI is InChI=1S/C22H17N3O7S/c1-30-19(27)11-24-14-8-15-16(32-7-6-31-15)9-17(14)33-22(24)23-18(26)10-25-20(28)12-4-2-3-5-13(12)21(25)29/h2-5,8-9H,6-7,10-11H2,1H3. The number of thiazole rings is 1. The molecule has 33 heavy (non-hydrogen) atoms. The second kappa shape index (κ2) is 8.17. The number of methoxy groups -OCH3 is 1. The minimum atomic E-state index is -0.702. The van der Waals surface area contributed by atoms with Crippen molar-refractivity contribution in [2.75, 3.05) is 26.9 Å². The number of ether oxygens (including phenoxy) is 3. The number of fused-ring (bicyclic) bond motifs is 3. The van der Waals surface area contributed by atoms with Gasteiger partial charge in [-0.15, -0.1) is 0 Å². The molecule has 0 atom stereocenters. The van der Waals surface area contributed by atoms with Gasteiger partial charge in [0.2, 0.25) is 0 Å². The maximum atomic E-state index is 12.8. The van der Waals surface area contributed by atoms with Crippen LogP contribution in [-0.2, 0) is 20.9 Å². The normalized spacial score (nSPS) is 15.2. The van der Waals surface area contributed by atoms with Gasteiger partial charge in [0.15, 0.2) is 16.3 Å². The summed E-state index contributed by atoms with van der Waals surface area (Å²) in [6, 6.07) is 9.87. The summed E-state index contributed by atoms with van der Waals surface area (Å²) in [4.78, 5) is 55.1. The average Bonchev–Trinajstić information content (AvgIpc) is 3.26. The molecule has 5 rings (SSSR count). The van der Waals surface area contributed by atoms with Crippen molar-refractivity contribution in [3.05, 3.63) is 52.3 Å². The first-order chi connectivity index (χ1) is 16.0. The van der Waals surface area contributed by atoms with Gasteiger partial charge in [0.1, 0.15) is 26.3 Å². The van der Waals surface area contributed by atoms with Crippen molar-refractivity contribution in [3.63, 3.8) is 0 Å². The molecule has 0 saturated carbocycles. The number of amides is 3. The molecule has 0 bridgehead atoms. The molecule has 0 radical (unpaired) electrons. The third kappa shape index (κ3) is 3.65. The number of carbonyl (C=O) groups excluding carboxylic acids is 4. The molecule has 168 valence electrons. The molecular formula is C22H17N3O7S. The molecule has 0 fully saturated rings. The van der Waals surface area contributed by atoms with Crippen LogP contribution in [0.1, 0.15) is 20.7 Å². The Kier molecular flexibility index (Phi) is 5.17. The molecule has 10 nitrogen and oxygen atoms in total. The van der Waals surface area contributed by atoms with E-state index < -0.39 is 30.2 Å². The highest BCUT2D eigenvalue weighted by Crippen LogP contribution is 2.35. The predicted molar refractivity (Wildman–Crippen MR) is 115 cm³/mol. The fourth-order valence-electron chi connectivity index (χ4n) is 3.70. The van der Waals surface area contributed by atoms with Gasteiger partial charge < -0.3 is 18.8 Å². The first-order valence-corrected chi connectivity index (χ1v) is 10.8. The van der Waals surface area contributed by atoms with Crippen LogP contribution < -0.4 is 14.3 Å². The first kappa shape index (κ1) is 20.9. The van der Waals surface area contributed by atoms with E-state index in [9.17, 15) is 19.2 Å². The largest absolute Gasteiger partial charge is 0.486 e. The van der Waals surface area contributed by atoms with Gasteiger partial charge in [0, 0.05) is 12.1 Å². The van der Waals surface area contributed by atoms with Crippen LogP contribution in [0.2, 0.25) is 0 Å². The quantitative estimate of drug-likeness (QED) is 0.420. The SMILES string of the molecule is COC(=O)Cn1c(=NC(=O)CN2C(=O)c3ccccc3C2=O)sc2cc3c(cc21)OCCO3. The Labute approximate surface area is 190 Å². The van der Waals surface area contributed by atoms with Gasteiger partial charge in [-0.05, 0) is 12.1 Å². The Balaban J connectivity index is 1.51. The van der Waals surface area contributed by atoms with E-state index in [1.807, 2.05) is 0 Å². The van der Waals surface area contributed by atoms with Crippen molar-refractivity contribution in [1.82, 2.24) is 9.47 Å². The number of hydrogen-bond acceptors (Lipinski definition) is 8. The maximum Gasteiger partial charge on any atom is 0.325 e. The van der Waals surface area contributed by atoms with Crippen LogP contribution >= 0.6 is 11.3 Å². The monoisotopic (exact) mass is 467 g/mol. The lowest BCUT2D eigenvalue weighted by atomic mass is 10.1. The Morgan fingerprint density at radius 2 is 1.67 bits per heavy atom. The summed E-state index contributed by atoms with van der Waals surface area (Å²) in [6.45, 7) is 0.120. The minimum Gasteiger partial charge on any atom is -0.486 e. The van der Waals surface area contributed by atoms with Crippen molar-refractivity contribution in [2.24, 2.45) is 4.99 Å². The molecule has 0 aliphatic carbocycles. The number of aromatic nitrogens is 1. The number of carbonyl (C=O) groups is 4. The van der Waals surface area contributed by atoms with Gasteiger partial charge in [-0.3, -0.25) is 24.1 Å². The van der Waals surface area contributed by atoms with E-state index in [0.717, 1.165) is 9.60 Å². The fraction of sp³-hybridized carbons (Fsp3) is 0.227. The second-order valence-corrected chi connectivity index (χ2v) is 8.27. The third-order valence-corrected chi connectivity index (χ3v) is 6.29. The predicted octanol–water partition coefficient (Wildman–Crippen LogP) is 1.37. The Morgan fingerprint density at radius 1 is 1.03 bits per heavy atom. The average molecular weight is 467 g/mol. The number of hydrogen-bond donors (Lipinski definition) is 0. The lowest BCUT2D eigenvalue weighted by Crippen LogP contribution is -2.35. The summed E-state index contributed by atoms with van der Waals surface area (Å²) in [5, 5.41) is 0. The Hall–Kier alpha value is -3.99. The van der Waals surface area contributed by atoms with Crippen molar-refractivity contribution < 1.29 is 33.4 Å². The lowest BCUT2D eigenvalue weighted by Gasteiger charge is -2.18. The second-order valence-electron chi connectivity index (χ2n) is 7.26. The van der Waals surface area contributed by atoms with E-state index in [-0.39, 0.29) is 22.5 Å². The summed E-state index contributed by atoms with van der Waals surface area (Å²) >= 11 is 1.17. The molecule has 3 amide bonds. The number of benzene rings is 2. The molecule has 0 unspecified atom stereocenters. The molecule has 0 saturated heterocycles. The van der Waals surface area contributed by atoms with Crippen LogP contribution in [0.3, 0.4) is 0 Å². The zero-order valence-corrected chi connectivity index (χ0v) is 18.2. The summed E-state index contributed by atoms with van der Waals surface area (Å²) in [6.07, 6.45) is 0. The molecule has 2 aliphatic rings. The highest BCUT2D eigenvalue weighted by atomic mass is 32.1. The summed E-state index contributed by atoms with van der Waals surface area (Å²) in [7, 11) is 1.26. The van der Waals surface area contributed by atoms with Crippen LogP contribution in [0.5, 0.6) is 11.5 Å². The third-order valence-electron chi connectivity index (χ3n) is 5.25. The number of nitrogens with zero attached hydrogens (tertiary/aromatic N) is 3. The van der Waals surface area contributed by atoms with Crippen LogP contribution in [0, 0.1) is 0 Å². The molecular weight excluding hydrogens is 450 g/mol. The van der Waals surface area contributed by atoms with E-state index in [1.54, 1.807) is 36.4 Å².